The summed E-state index contributed by atoms with van der Waals surface area (Å²) in [7, 11) is -3.67. The quantitative estimate of drug-likeness (QED) is 0.328. The second-order valence-corrected chi connectivity index (χ2v) is 11.6. The number of nitrogens with one attached hydrogen (secondary N) is 1. The summed E-state index contributed by atoms with van der Waals surface area (Å²) in [4.78, 5) is 28.5. The van der Waals surface area contributed by atoms with Crippen LogP contribution in [0.3, 0.4) is 0 Å². The minimum atomic E-state index is -3.67. The largest absolute Gasteiger partial charge is 0.454 e. The molecule has 0 saturated carbocycles. The Morgan fingerprint density at radius 2 is 1.68 bits per heavy atom. The van der Waals surface area contributed by atoms with Crippen molar-refractivity contribution in [2.45, 2.75) is 38.8 Å². The maximum atomic E-state index is 13.7. The van der Waals surface area contributed by atoms with Gasteiger partial charge in [0.05, 0.1) is 11.9 Å². The van der Waals surface area contributed by atoms with Crippen molar-refractivity contribution in [3.63, 3.8) is 0 Å². The molecular weight excluding hydrogens is 549 g/mol. The molecule has 3 aromatic rings. The standard InChI is InChI=1S/C30H34FN3O6S/c1-3-32-30(36)26(18-22-8-5-4-6-9-22)33(20-23-11-13-24(31)14-12-23)29(35)10-7-17-34(41(2,37)38)25-15-16-27-28(19-25)40-21-39-27/h4-6,8-9,11-16,19,26H,3,7,10,17-18,20-21H2,1-2H3,(H,32,36). The molecule has 3 aromatic carbocycles. The molecule has 2 amide bonds. The predicted octanol–water partition coefficient (Wildman–Crippen LogP) is 3.88. The molecule has 0 bridgehead atoms. The van der Waals surface area contributed by atoms with Gasteiger partial charge in [-0.1, -0.05) is 42.5 Å². The molecule has 0 aromatic heterocycles. The van der Waals surface area contributed by atoms with Gasteiger partial charge in [0.1, 0.15) is 11.9 Å². The first-order valence-corrected chi connectivity index (χ1v) is 15.2. The number of ether oxygens (including phenoxy) is 2. The fourth-order valence-corrected chi connectivity index (χ4v) is 5.63. The number of carbonyl (C=O) groups excluding carboxylic acids is 2. The Balaban J connectivity index is 1.55. The zero-order valence-electron chi connectivity index (χ0n) is 23.1. The van der Waals surface area contributed by atoms with Crippen LogP contribution < -0.4 is 19.1 Å². The Morgan fingerprint density at radius 1 is 0.976 bits per heavy atom. The van der Waals surface area contributed by atoms with Gasteiger partial charge in [-0.15, -0.1) is 0 Å². The van der Waals surface area contributed by atoms with Crippen molar-refractivity contribution < 1.29 is 31.9 Å². The van der Waals surface area contributed by atoms with Crippen LogP contribution in [0.2, 0.25) is 0 Å². The number of rotatable bonds is 13. The second-order valence-electron chi connectivity index (χ2n) is 9.72. The highest BCUT2D eigenvalue weighted by Gasteiger charge is 2.30. The lowest BCUT2D eigenvalue weighted by molar-refractivity contribution is -0.141. The third-order valence-corrected chi connectivity index (χ3v) is 7.88. The predicted molar refractivity (Wildman–Crippen MR) is 154 cm³/mol. The van der Waals surface area contributed by atoms with Gasteiger partial charge in [0.25, 0.3) is 0 Å². The zero-order chi connectivity index (χ0) is 29.4. The number of hydrogen-bond donors (Lipinski definition) is 1. The van der Waals surface area contributed by atoms with Gasteiger partial charge < -0.3 is 19.7 Å². The summed E-state index contributed by atoms with van der Waals surface area (Å²) in [6.45, 7) is 2.39. The lowest BCUT2D eigenvalue weighted by Crippen LogP contribution is -2.50. The van der Waals surface area contributed by atoms with Gasteiger partial charge in [0.2, 0.25) is 28.6 Å². The van der Waals surface area contributed by atoms with E-state index in [0.717, 1.165) is 11.8 Å². The molecule has 1 aliphatic heterocycles. The van der Waals surface area contributed by atoms with Gasteiger partial charge in [0, 0.05) is 38.5 Å². The normalized spacial score (nSPS) is 13.0. The van der Waals surface area contributed by atoms with E-state index in [1.807, 2.05) is 30.3 Å². The van der Waals surface area contributed by atoms with Gasteiger partial charge in [-0.25, -0.2) is 12.8 Å². The Morgan fingerprint density at radius 3 is 2.37 bits per heavy atom. The molecule has 0 saturated heterocycles. The third kappa shape index (κ3) is 7.97. The van der Waals surface area contributed by atoms with Crippen LogP contribution in [0.5, 0.6) is 11.5 Å². The molecule has 9 nitrogen and oxygen atoms in total. The maximum Gasteiger partial charge on any atom is 0.243 e. The molecule has 0 aliphatic carbocycles. The summed E-state index contributed by atoms with van der Waals surface area (Å²) >= 11 is 0. The van der Waals surface area contributed by atoms with Gasteiger partial charge in [-0.2, -0.15) is 0 Å². The lowest BCUT2D eigenvalue weighted by Gasteiger charge is -2.32. The van der Waals surface area contributed by atoms with E-state index < -0.39 is 21.9 Å². The number of likely N-dealkylation sites (N-methyl/N-ethyl adjacent to an activating group) is 1. The first-order valence-electron chi connectivity index (χ1n) is 13.4. The molecule has 218 valence electrons. The molecule has 1 N–H and O–H groups in total. The molecule has 1 heterocycles. The van der Waals surface area contributed by atoms with Crippen LogP contribution in [0.25, 0.3) is 0 Å². The van der Waals surface area contributed by atoms with E-state index in [-0.39, 0.29) is 51.0 Å². The first kappa shape index (κ1) is 29.9. The third-order valence-electron chi connectivity index (χ3n) is 6.68. The smallest absolute Gasteiger partial charge is 0.243 e. The number of sulfonamides is 1. The lowest BCUT2D eigenvalue weighted by atomic mass is 10.0. The first-order chi connectivity index (χ1) is 19.7. The summed E-state index contributed by atoms with van der Waals surface area (Å²) in [5, 5.41) is 2.83. The molecule has 0 spiro atoms. The highest BCUT2D eigenvalue weighted by Crippen LogP contribution is 2.36. The van der Waals surface area contributed by atoms with E-state index in [1.165, 1.54) is 21.3 Å². The fourth-order valence-electron chi connectivity index (χ4n) is 4.68. The Labute approximate surface area is 239 Å². The number of nitrogens with zero attached hydrogens (tertiary/aromatic N) is 2. The second kappa shape index (κ2) is 13.5. The van der Waals surface area contributed by atoms with E-state index in [4.69, 9.17) is 9.47 Å². The maximum absolute atomic E-state index is 13.7. The van der Waals surface area contributed by atoms with Crippen LogP contribution >= 0.6 is 0 Å². The average molecular weight is 584 g/mol. The number of hydrogen-bond acceptors (Lipinski definition) is 6. The van der Waals surface area contributed by atoms with E-state index >= 15 is 0 Å². The fraction of sp³-hybridized carbons (Fsp3) is 0.333. The Hall–Kier alpha value is -4.12. The van der Waals surface area contributed by atoms with Crippen molar-refractivity contribution in [2.75, 3.05) is 30.4 Å². The Bertz CT molecular complexity index is 1450. The van der Waals surface area contributed by atoms with Crippen molar-refractivity contribution in [1.82, 2.24) is 10.2 Å². The van der Waals surface area contributed by atoms with E-state index in [0.29, 0.717) is 29.3 Å². The molecule has 41 heavy (non-hydrogen) atoms. The summed E-state index contributed by atoms with van der Waals surface area (Å²) in [6.07, 6.45) is 1.58. The summed E-state index contributed by atoms with van der Waals surface area (Å²) < 4.78 is 50.8. The summed E-state index contributed by atoms with van der Waals surface area (Å²) in [5.41, 5.74) is 1.95. The number of amides is 2. The number of anilines is 1. The minimum Gasteiger partial charge on any atom is -0.454 e. The number of fused-ring (bicyclic) bond motifs is 1. The minimum absolute atomic E-state index is 0.0114. The van der Waals surface area contributed by atoms with Crippen LogP contribution in [0, 0.1) is 5.82 Å². The molecule has 4 rings (SSSR count). The van der Waals surface area contributed by atoms with Crippen molar-refractivity contribution in [3.05, 3.63) is 89.7 Å². The van der Waals surface area contributed by atoms with E-state index in [1.54, 1.807) is 37.3 Å². The molecule has 1 aliphatic rings. The van der Waals surface area contributed by atoms with Gasteiger partial charge >= 0.3 is 0 Å². The van der Waals surface area contributed by atoms with Gasteiger partial charge in [0.15, 0.2) is 11.5 Å². The molecule has 1 unspecified atom stereocenters. The van der Waals surface area contributed by atoms with Gasteiger partial charge in [-0.3, -0.25) is 13.9 Å². The zero-order valence-corrected chi connectivity index (χ0v) is 23.9. The van der Waals surface area contributed by atoms with Crippen LogP contribution in [-0.2, 0) is 32.6 Å². The van der Waals surface area contributed by atoms with Crippen molar-refractivity contribution in [1.29, 1.82) is 0 Å². The summed E-state index contributed by atoms with van der Waals surface area (Å²) in [6, 6.07) is 19.2. The monoisotopic (exact) mass is 583 g/mol. The van der Waals surface area contributed by atoms with E-state index in [2.05, 4.69) is 5.32 Å². The van der Waals surface area contributed by atoms with E-state index in [9.17, 15) is 22.4 Å². The Kier molecular flexibility index (Phi) is 9.82. The van der Waals surface area contributed by atoms with Crippen LogP contribution in [-0.4, -0.2) is 57.3 Å². The SMILES string of the molecule is CCNC(=O)C(Cc1ccccc1)N(Cc1ccc(F)cc1)C(=O)CCCN(c1ccc2c(c1)OCO2)S(C)(=O)=O. The molecule has 0 fully saturated rings. The average Bonchev–Trinajstić information content (AvgIpc) is 3.42. The van der Waals surface area contributed by atoms with Crippen molar-refractivity contribution >= 4 is 27.5 Å². The molecule has 1 atom stereocenters. The van der Waals surface area contributed by atoms with Crippen molar-refractivity contribution in [3.8, 4) is 11.5 Å². The van der Waals surface area contributed by atoms with Crippen LogP contribution in [0.1, 0.15) is 30.9 Å². The van der Waals surface area contributed by atoms with Gasteiger partial charge in [-0.05, 0) is 48.7 Å². The number of carbonyl (C=O) groups is 2. The molecule has 11 heteroatoms. The highest BCUT2D eigenvalue weighted by atomic mass is 32.2. The number of benzene rings is 3. The van der Waals surface area contributed by atoms with Crippen LogP contribution in [0.4, 0.5) is 10.1 Å². The molecular formula is C30H34FN3O6S. The number of halogens is 1. The summed E-state index contributed by atoms with van der Waals surface area (Å²) in [5.74, 6) is -0.0434. The van der Waals surface area contributed by atoms with Crippen molar-refractivity contribution in [2.24, 2.45) is 0 Å². The van der Waals surface area contributed by atoms with Crippen LogP contribution in [0.15, 0.2) is 72.8 Å². The highest BCUT2D eigenvalue weighted by molar-refractivity contribution is 7.92. The molecule has 0 radical (unpaired) electrons. The topological polar surface area (TPSA) is 105 Å².